The molecule has 0 fully saturated rings. The number of H-pyrrole nitrogens is 1. The molecule has 0 aliphatic carbocycles. The van der Waals surface area contributed by atoms with E-state index in [1.54, 1.807) is 17.9 Å². The lowest BCUT2D eigenvalue weighted by Gasteiger charge is -2.09. The number of fused-ring (bicyclic) bond motifs is 3. The second-order valence-corrected chi connectivity index (χ2v) is 6.28. The molecule has 1 unspecified atom stereocenters. The highest BCUT2D eigenvalue weighted by molar-refractivity contribution is 9.09. The maximum absolute atomic E-state index is 12.1. The smallest absolute Gasteiger partial charge is 0.259 e. The van der Waals surface area contributed by atoms with Crippen LogP contribution in [0.3, 0.4) is 0 Å². The molecule has 98 valence electrons. The average molecular weight is 341 g/mol. The minimum absolute atomic E-state index is 0.118. The quantitative estimate of drug-likeness (QED) is 0.689. The van der Waals surface area contributed by atoms with Crippen molar-refractivity contribution < 1.29 is 0 Å². The fraction of sp³-hybridized carbons (Fsp3) is 0.231. The molecule has 6 heteroatoms. The van der Waals surface area contributed by atoms with E-state index in [1.165, 1.54) is 0 Å². The zero-order valence-electron chi connectivity index (χ0n) is 10.4. The maximum Gasteiger partial charge on any atom is 0.259 e. The van der Waals surface area contributed by atoms with E-state index in [2.05, 4.69) is 26.0 Å². The van der Waals surface area contributed by atoms with Crippen LogP contribution >= 0.6 is 27.5 Å². The number of nitrogens with one attached hydrogen (secondary N) is 1. The van der Waals surface area contributed by atoms with Crippen LogP contribution < -0.4 is 5.56 Å². The Morgan fingerprint density at radius 1 is 1.42 bits per heavy atom. The number of aromatic amines is 1. The molecule has 4 nitrogen and oxygen atoms in total. The van der Waals surface area contributed by atoms with E-state index in [0.717, 1.165) is 10.9 Å². The first kappa shape index (κ1) is 12.7. The summed E-state index contributed by atoms with van der Waals surface area (Å²) >= 11 is 9.88. The van der Waals surface area contributed by atoms with Crippen LogP contribution in [-0.2, 0) is 7.05 Å². The highest BCUT2D eigenvalue weighted by atomic mass is 79.9. The summed E-state index contributed by atoms with van der Waals surface area (Å²) in [6, 6.07) is 3.90. The molecule has 0 aliphatic heterocycles. The topological polar surface area (TPSA) is 50.7 Å². The number of nitrogens with zero attached hydrogens (tertiary/aromatic N) is 2. The minimum Gasteiger partial charge on any atom is -0.320 e. The Morgan fingerprint density at radius 2 is 2.16 bits per heavy atom. The van der Waals surface area contributed by atoms with Crippen molar-refractivity contribution >= 4 is 49.3 Å². The van der Waals surface area contributed by atoms with Crippen LogP contribution in [0.1, 0.15) is 17.3 Å². The third-order valence-electron chi connectivity index (χ3n) is 3.17. The zero-order valence-corrected chi connectivity index (χ0v) is 12.7. The molecule has 3 rings (SSSR count). The van der Waals surface area contributed by atoms with E-state index >= 15 is 0 Å². The van der Waals surface area contributed by atoms with Crippen molar-refractivity contribution in [1.82, 2.24) is 14.8 Å². The molecule has 0 bridgehead atoms. The molecule has 0 saturated carbocycles. The maximum atomic E-state index is 12.1. The molecule has 3 aromatic rings. The minimum atomic E-state index is -0.170. The number of hydrogen-bond acceptors (Lipinski definition) is 2. The molecule has 1 N–H and O–H groups in total. The number of aromatic nitrogens is 3. The molecule has 0 spiro atoms. The number of pyridine rings is 1. The predicted octanol–water partition coefficient (Wildman–Crippen LogP) is 3.52. The van der Waals surface area contributed by atoms with Crippen molar-refractivity contribution in [2.24, 2.45) is 7.05 Å². The SMILES string of the molecule is CC(Br)c1ccc2c([nH]c(=O)c3cn(C)nc32)c1Cl. The van der Waals surface area contributed by atoms with E-state index in [4.69, 9.17) is 11.6 Å². The molecular weight excluding hydrogens is 330 g/mol. The lowest BCUT2D eigenvalue weighted by molar-refractivity contribution is 0.780. The van der Waals surface area contributed by atoms with Crippen LogP contribution in [0, 0.1) is 0 Å². The van der Waals surface area contributed by atoms with Gasteiger partial charge >= 0.3 is 0 Å². The molecule has 0 saturated heterocycles. The molecule has 0 aliphatic rings. The summed E-state index contributed by atoms with van der Waals surface area (Å²) in [6.45, 7) is 1.99. The summed E-state index contributed by atoms with van der Waals surface area (Å²) in [4.78, 5) is 15.0. The average Bonchev–Trinajstić information content (AvgIpc) is 2.73. The first-order valence-corrected chi connectivity index (χ1v) is 7.10. The van der Waals surface area contributed by atoms with Gasteiger partial charge in [0.1, 0.15) is 5.52 Å². The van der Waals surface area contributed by atoms with Gasteiger partial charge in [0.2, 0.25) is 0 Å². The lowest BCUT2D eigenvalue weighted by atomic mass is 10.1. The first-order valence-electron chi connectivity index (χ1n) is 5.81. The number of alkyl halides is 1. The van der Waals surface area contributed by atoms with Gasteiger partial charge in [-0.1, -0.05) is 39.7 Å². The Morgan fingerprint density at radius 3 is 2.84 bits per heavy atom. The van der Waals surface area contributed by atoms with Gasteiger partial charge < -0.3 is 4.98 Å². The molecular formula is C13H11BrClN3O. The van der Waals surface area contributed by atoms with Gasteiger partial charge in [-0.15, -0.1) is 0 Å². The molecule has 1 aromatic carbocycles. The second kappa shape index (κ2) is 4.35. The summed E-state index contributed by atoms with van der Waals surface area (Å²) in [5.41, 5.74) is 2.09. The molecule has 0 amide bonds. The number of aryl methyl sites for hydroxylation is 1. The third-order valence-corrected chi connectivity index (χ3v) is 4.07. The summed E-state index contributed by atoms with van der Waals surface area (Å²) < 4.78 is 1.63. The van der Waals surface area contributed by atoms with E-state index < -0.39 is 0 Å². The zero-order chi connectivity index (χ0) is 13.7. The monoisotopic (exact) mass is 339 g/mol. The van der Waals surface area contributed by atoms with E-state index in [1.807, 2.05) is 19.1 Å². The van der Waals surface area contributed by atoms with Gasteiger partial charge in [-0.25, -0.2) is 0 Å². The van der Waals surface area contributed by atoms with Gasteiger partial charge in [0.25, 0.3) is 5.56 Å². The molecule has 2 aromatic heterocycles. The second-order valence-electron chi connectivity index (χ2n) is 4.53. The van der Waals surface area contributed by atoms with Crippen LogP contribution in [0.15, 0.2) is 23.1 Å². The number of rotatable bonds is 1. The van der Waals surface area contributed by atoms with Crippen molar-refractivity contribution in [3.8, 4) is 0 Å². The van der Waals surface area contributed by atoms with Gasteiger partial charge in [0, 0.05) is 23.5 Å². The highest BCUT2D eigenvalue weighted by Gasteiger charge is 2.15. The normalized spacial score (nSPS) is 13.3. The van der Waals surface area contributed by atoms with E-state index in [0.29, 0.717) is 21.4 Å². The third kappa shape index (κ3) is 1.88. The van der Waals surface area contributed by atoms with E-state index in [-0.39, 0.29) is 10.4 Å². The fourth-order valence-corrected chi connectivity index (χ4v) is 3.14. The Hall–Kier alpha value is -1.33. The Kier molecular flexibility index (Phi) is 2.91. The van der Waals surface area contributed by atoms with Crippen LogP contribution in [0.4, 0.5) is 0 Å². The molecule has 1 atom stereocenters. The van der Waals surface area contributed by atoms with Crippen molar-refractivity contribution in [2.45, 2.75) is 11.8 Å². The van der Waals surface area contributed by atoms with Gasteiger partial charge in [-0.05, 0) is 12.5 Å². The Labute approximate surface area is 122 Å². The summed E-state index contributed by atoms with van der Waals surface area (Å²) in [6.07, 6.45) is 1.71. The summed E-state index contributed by atoms with van der Waals surface area (Å²) in [5, 5.41) is 6.34. The summed E-state index contributed by atoms with van der Waals surface area (Å²) in [5.74, 6) is 0. The van der Waals surface area contributed by atoms with E-state index in [9.17, 15) is 4.79 Å². The summed E-state index contributed by atoms with van der Waals surface area (Å²) in [7, 11) is 1.79. The van der Waals surface area contributed by atoms with Crippen LogP contribution in [-0.4, -0.2) is 14.8 Å². The molecule has 0 radical (unpaired) electrons. The first-order chi connectivity index (χ1) is 8.99. The van der Waals surface area contributed by atoms with Gasteiger partial charge in [-0.2, -0.15) is 5.10 Å². The van der Waals surface area contributed by atoms with Crippen LogP contribution in [0.5, 0.6) is 0 Å². The standard InChI is InChI=1S/C13H11BrClN3O/c1-6(14)7-3-4-8-11-9(5-18(2)17-11)13(19)16-12(8)10(7)15/h3-6H,1-2H3,(H,16,19). The number of hydrogen-bond donors (Lipinski definition) is 1. The van der Waals surface area contributed by atoms with Gasteiger partial charge in [-0.3, -0.25) is 9.48 Å². The Bertz CT molecular complexity index is 850. The van der Waals surface area contributed by atoms with Gasteiger partial charge in [0.15, 0.2) is 0 Å². The van der Waals surface area contributed by atoms with Crippen molar-refractivity contribution in [2.75, 3.05) is 0 Å². The van der Waals surface area contributed by atoms with Crippen molar-refractivity contribution in [3.63, 3.8) is 0 Å². The van der Waals surface area contributed by atoms with Crippen molar-refractivity contribution in [3.05, 3.63) is 39.3 Å². The lowest BCUT2D eigenvalue weighted by Crippen LogP contribution is -2.06. The highest BCUT2D eigenvalue weighted by Crippen LogP contribution is 2.34. The number of halogens is 2. The molecule has 19 heavy (non-hydrogen) atoms. The largest absolute Gasteiger partial charge is 0.320 e. The van der Waals surface area contributed by atoms with Crippen LogP contribution in [0.2, 0.25) is 5.02 Å². The fourth-order valence-electron chi connectivity index (χ4n) is 2.25. The Balaban J connectivity index is 2.53. The number of benzene rings is 1. The van der Waals surface area contributed by atoms with Crippen LogP contribution in [0.25, 0.3) is 21.8 Å². The van der Waals surface area contributed by atoms with Crippen molar-refractivity contribution in [1.29, 1.82) is 0 Å². The van der Waals surface area contributed by atoms with Gasteiger partial charge in [0.05, 0.1) is 15.9 Å². The predicted molar refractivity (Wildman–Crippen MR) is 81.2 cm³/mol. The molecule has 2 heterocycles.